The van der Waals surface area contributed by atoms with Crippen molar-refractivity contribution < 1.29 is 30.6 Å². The number of carbonyl (C=O) groups is 1. The maximum Gasteiger partial charge on any atom is 0.324 e. The average molecular weight is 468 g/mol. The summed E-state index contributed by atoms with van der Waals surface area (Å²) in [5, 5.41) is 0. The van der Waals surface area contributed by atoms with Crippen LogP contribution in [0.4, 0.5) is 0 Å². The maximum atomic E-state index is 13.2. The van der Waals surface area contributed by atoms with E-state index in [9.17, 15) is 21.6 Å². The first-order valence-corrected chi connectivity index (χ1v) is 12.6. The van der Waals surface area contributed by atoms with Crippen LogP contribution < -0.4 is 0 Å². The van der Waals surface area contributed by atoms with Crippen molar-refractivity contribution in [2.45, 2.75) is 49.1 Å². The zero-order valence-corrected chi connectivity index (χ0v) is 19.1. The number of esters is 1. The Hall–Kier alpha value is -2.27. The van der Waals surface area contributed by atoms with Gasteiger partial charge in [-0.25, -0.2) is 8.42 Å². The van der Waals surface area contributed by atoms with Crippen LogP contribution in [0.15, 0.2) is 58.3 Å². The summed E-state index contributed by atoms with van der Waals surface area (Å²) in [5.41, 5.74) is 1.77. The molecular weight excluding hydrogens is 442 g/mol. The highest BCUT2D eigenvalue weighted by Crippen LogP contribution is 2.30. The van der Waals surface area contributed by atoms with Crippen LogP contribution in [0.5, 0.6) is 0 Å². The third-order valence-corrected chi connectivity index (χ3v) is 8.24. The molecule has 0 aliphatic carbocycles. The molecule has 168 valence electrons. The molecule has 0 spiro atoms. The Morgan fingerprint density at radius 1 is 0.935 bits per heavy atom. The number of nitrogens with zero attached hydrogens (tertiary/aromatic N) is 1. The van der Waals surface area contributed by atoms with Crippen molar-refractivity contribution in [1.29, 1.82) is 0 Å². The van der Waals surface area contributed by atoms with Crippen molar-refractivity contribution in [3.8, 4) is 0 Å². The second-order valence-corrected chi connectivity index (χ2v) is 10.8. The molecule has 0 saturated carbocycles. The first-order chi connectivity index (χ1) is 14.5. The number of benzene rings is 2. The smallest absolute Gasteiger partial charge is 0.324 e. The van der Waals surface area contributed by atoms with Crippen LogP contribution in [-0.4, -0.2) is 52.4 Å². The molecule has 0 radical (unpaired) electrons. The molecule has 10 heteroatoms. The standard InChI is InChI=1S/C21H25NO7S2/c1-4-28-21(23)20-13-17(29-31(26,27)19-11-7-16(3)8-12-19)14-22(20)30(24,25)18-9-5-15(2)6-10-18/h5-12,17,20H,4,13-14H2,1-3H3/t17-,20?/m1/s1. The van der Waals surface area contributed by atoms with Crippen LogP contribution in [0.1, 0.15) is 24.5 Å². The van der Waals surface area contributed by atoms with E-state index in [2.05, 4.69) is 0 Å². The molecule has 0 amide bonds. The second-order valence-electron chi connectivity index (χ2n) is 7.38. The lowest BCUT2D eigenvalue weighted by atomic mass is 10.2. The molecule has 0 N–H and O–H groups in total. The Kier molecular flexibility index (Phi) is 6.85. The lowest BCUT2D eigenvalue weighted by molar-refractivity contribution is -0.147. The van der Waals surface area contributed by atoms with E-state index in [4.69, 9.17) is 8.92 Å². The average Bonchev–Trinajstić information content (AvgIpc) is 3.13. The van der Waals surface area contributed by atoms with Gasteiger partial charge in [0.25, 0.3) is 10.1 Å². The number of rotatable bonds is 7. The molecule has 3 rings (SSSR count). The molecule has 0 bridgehead atoms. The quantitative estimate of drug-likeness (QED) is 0.455. The fourth-order valence-electron chi connectivity index (χ4n) is 3.34. The van der Waals surface area contributed by atoms with Crippen LogP contribution in [0.2, 0.25) is 0 Å². The van der Waals surface area contributed by atoms with Gasteiger partial charge in [-0.15, -0.1) is 0 Å². The molecule has 1 aliphatic heterocycles. The van der Waals surface area contributed by atoms with Crippen molar-refractivity contribution >= 4 is 26.1 Å². The van der Waals surface area contributed by atoms with E-state index in [0.29, 0.717) is 0 Å². The summed E-state index contributed by atoms with van der Waals surface area (Å²) >= 11 is 0. The monoisotopic (exact) mass is 467 g/mol. The fourth-order valence-corrected chi connectivity index (χ4v) is 6.04. The molecule has 1 heterocycles. The third kappa shape index (κ3) is 5.15. The summed E-state index contributed by atoms with van der Waals surface area (Å²) < 4.78 is 63.0. The summed E-state index contributed by atoms with van der Waals surface area (Å²) in [6, 6.07) is 11.1. The molecule has 0 aromatic heterocycles. The minimum Gasteiger partial charge on any atom is -0.465 e. The predicted octanol–water partition coefficient (Wildman–Crippen LogP) is 2.40. The van der Waals surface area contributed by atoms with Crippen molar-refractivity contribution in [2.24, 2.45) is 0 Å². The summed E-state index contributed by atoms with van der Waals surface area (Å²) in [6.07, 6.45) is -1.16. The van der Waals surface area contributed by atoms with Crippen LogP contribution in [0.25, 0.3) is 0 Å². The van der Waals surface area contributed by atoms with Crippen molar-refractivity contribution in [1.82, 2.24) is 4.31 Å². The summed E-state index contributed by atoms with van der Waals surface area (Å²) in [5.74, 6) is -0.739. The van der Waals surface area contributed by atoms with Crippen molar-refractivity contribution in [2.75, 3.05) is 13.2 Å². The molecule has 1 unspecified atom stereocenters. The van der Waals surface area contributed by atoms with E-state index < -0.39 is 38.3 Å². The van der Waals surface area contributed by atoms with Gasteiger partial charge >= 0.3 is 5.97 Å². The highest BCUT2D eigenvalue weighted by molar-refractivity contribution is 7.89. The van der Waals surface area contributed by atoms with Gasteiger partial charge in [0.15, 0.2) is 0 Å². The van der Waals surface area contributed by atoms with Gasteiger partial charge in [0.05, 0.1) is 22.5 Å². The van der Waals surface area contributed by atoms with Gasteiger partial charge < -0.3 is 4.74 Å². The number of hydrogen-bond donors (Lipinski definition) is 0. The van der Waals surface area contributed by atoms with Crippen LogP contribution in [0.3, 0.4) is 0 Å². The summed E-state index contributed by atoms with van der Waals surface area (Å²) in [4.78, 5) is 12.4. The number of carbonyl (C=O) groups excluding carboxylic acids is 1. The largest absolute Gasteiger partial charge is 0.465 e. The van der Waals surface area contributed by atoms with Crippen molar-refractivity contribution in [3.63, 3.8) is 0 Å². The number of hydrogen-bond acceptors (Lipinski definition) is 7. The Balaban J connectivity index is 1.89. The molecule has 2 aromatic rings. The first-order valence-electron chi connectivity index (χ1n) is 9.79. The number of sulfonamides is 1. The van der Waals surface area contributed by atoms with Gasteiger partial charge in [-0.05, 0) is 45.0 Å². The highest BCUT2D eigenvalue weighted by Gasteiger charge is 2.46. The van der Waals surface area contributed by atoms with E-state index in [1.165, 1.54) is 24.3 Å². The fraction of sp³-hybridized carbons (Fsp3) is 0.381. The van der Waals surface area contributed by atoms with Gasteiger partial charge in [-0.2, -0.15) is 12.7 Å². The van der Waals surface area contributed by atoms with E-state index >= 15 is 0 Å². The Morgan fingerprint density at radius 2 is 1.45 bits per heavy atom. The van der Waals surface area contributed by atoms with E-state index in [1.54, 1.807) is 31.2 Å². The zero-order chi connectivity index (χ0) is 22.8. The number of aryl methyl sites for hydroxylation is 2. The molecule has 1 fully saturated rings. The van der Waals surface area contributed by atoms with Crippen LogP contribution in [-0.2, 0) is 33.9 Å². The topological polar surface area (TPSA) is 107 Å². The van der Waals surface area contributed by atoms with Gasteiger partial charge in [0.1, 0.15) is 6.04 Å². The molecule has 8 nitrogen and oxygen atoms in total. The maximum absolute atomic E-state index is 13.2. The van der Waals surface area contributed by atoms with Gasteiger partial charge in [0.2, 0.25) is 10.0 Å². The van der Waals surface area contributed by atoms with E-state index in [-0.39, 0.29) is 29.4 Å². The van der Waals surface area contributed by atoms with E-state index in [1.807, 2.05) is 13.8 Å². The molecular formula is C21H25NO7S2. The second kappa shape index (κ2) is 9.07. The lowest BCUT2D eigenvalue weighted by Gasteiger charge is -2.22. The lowest BCUT2D eigenvalue weighted by Crippen LogP contribution is -2.41. The van der Waals surface area contributed by atoms with Crippen LogP contribution >= 0.6 is 0 Å². The van der Waals surface area contributed by atoms with Gasteiger partial charge in [-0.3, -0.25) is 8.98 Å². The Labute approximate surface area is 183 Å². The molecule has 2 aromatic carbocycles. The molecule has 31 heavy (non-hydrogen) atoms. The SMILES string of the molecule is CCOC(=O)C1C[C@@H](OS(=O)(=O)c2ccc(C)cc2)CN1S(=O)(=O)c1ccc(C)cc1. The zero-order valence-electron chi connectivity index (χ0n) is 17.5. The molecule has 1 saturated heterocycles. The van der Waals surface area contributed by atoms with E-state index in [0.717, 1.165) is 15.4 Å². The van der Waals surface area contributed by atoms with Gasteiger partial charge in [0, 0.05) is 13.0 Å². The third-order valence-electron chi connectivity index (χ3n) is 4.98. The first kappa shape index (κ1) is 23.4. The normalized spacial score (nSPS) is 20.0. The van der Waals surface area contributed by atoms with Gasteiger partial charge in [-0.1, -0.05) is 35.4 Å². The Morgan fingerprint density at radius 3 is 1.97 bits per heavy atom. The number of ether oxygens (including phenoxy) is 1. The Bertz CT molecular complexity index is 1140. The molecule has 1 aliphatic rings. The summed E-state index contributed by atoms with van der Waals surface area (Å²) in [6.45, 7) is 5.05. The summed E-state index contributed by atoms with van der Waals surface area (Å²) in [7, 11) is -8.20. The minimum atomic E-state index is -4.13. The van der Waals surface area contributed by atoms with Crippen LogP contribution in [0, 0.1) is 13.8 Å². The minimum absolute atomic E-state index is 0.00874. The van der Waals surface area contributed by atoms with Crippen molar-refractivity contribution in [3.05, 3.63) is 59.7 Å². The molecule has 2 atom stereocenters. The highest BCUT2D eigenvalue weighted by atomic mass is 32.2. The predicted molar refractivity (Wildman–Crippen MR) is 113 cm³/mol.